The van der Waals surface area contributed by atoms with Crippen molar-refractivity contribution in [2.75, 3.05) is 13.2 Å². The van der Waals surface area contributed by atoms with E-state index in [1.165, 1.54) is 0 Å². The van der Waals surface area contributed by atoms with Crippen LogP contribution in [0, 0.1) is 11.8 Å². The quantitative estimate of drug-likeness (QED) is 0.570. The minimum atomic E-state index is -0.541. The molecule has 0 radical (unpaired) electrons. The lowest BCUT2D eigenvalue weighted by molar-refractivity contribution is -0.285. The third-order valence-electron chi connectivity index (χ3n) is 3.09. The van der Waals surface area contributed by atoms with Crippen molar-refractivity contribution < 1.29 is 18.9 Å². The zero-order chi connectivity index (χ0) is 12.6. The van der Waals surface area contributed by atoms with Gasteiger partial charge in [0, 0.05) is 13.2 Å². The Morgan fingerprint density at radius 3 is 1.89 bits per heavy atom. The van der Waals surface area contributed by atoms with Crippen molar-refractivity contribution in [3.05, 3.63) is 0 Å². The maximum absolute atomic E-state index is 5.74. The highest BCUT2D eigenvalue weighted by atomic mass is 16.8. The number of ether oxygens (including phenoxy) is 4. The molecule has 2 saturated heterocycles. The average molecular weight is 254 g/mol. The summed E-state index contributed by atoms with van der Waals surface area (Å²) >= 11 is 0. The second-order valence-electron chi connectivity index (χ2n) is 4.59. The molecule has 4 heteroatoms. The Morgan fingerprint density at radius 1 is 0.944 bits per heavy atom. The summed E-state index contributed by atoms with van der Waals surface area (Å²) in [4.78, 5) is 0. The highest BCUT2D eigenvalue weighted by Crippen LogP contribution is 2.19. The second-order valence-corrected chi connectivity index (χ2v) is 4.59. The van der Waals surface area contributed by atoms with Crippen molar-refractivity contribution in [1.82, 2.24) is 0 Å². The molecule has 4 nitrogen and oxygen atoms in total. The molecule has 0 N–H and O–H groups in total. The number of hydrogen-bond acceptors (Lipinski definition) is 4. The van der Waals surface area contributed by atoms with Crippen LogP contribution in [0.3, 0.4) is 0 Å². The predicted octanol–water partition coefficient (Wildman–Crippen LogP) is 2.42. The van der Waals surface area contributed by atoms with E-state index < -0.39 is 6.29 Å². The van der Waals surface area contributed by atoms with Gasteiger partial charge in [-0.3, -0.25) is 0 Å². The van der Waals surface area contributed by atoms with E-state index in [4.69, 9.17) is 18.9 Å². The SMILES string of the molecule is CC#CC(OC1CCCCO1)OC1CCCCO1. The molecule has 2 rings (SSSR count). The molecular formula is C14H22O4. The molecule has 2 fully saturated rings. The highest BCUT2D eigenvalue weighted by molar-refractivity contribution is 4.99. The first kappa shape index (κ1) is 13.8. The van der Waals surface area contributed by atoms with E-state index in [0.717, 1.165) is 51.7 Å². The fourth-order valence-corrected chi connectivity index (χ4v) is 2.13. The van der Waals surface area contributed by atoms with Crippen LogP contribution in [0.2, 0.25) is 0 Å². The zero-order valence-electron chi connectivity index (χ0n) is 11.0. The average Bonchev–Trinajstić information content (AvgIpc) is 2.41. The van der Waals surface area contributed by atoms with Crippen LogP contribution in [-0.4, -0.2) is 32.1 Å². The summed E-state index contributed by atoms with van der Waals surface area (Å²) in [5, 5.41) is 0. The Balaban J connectivity index is 1.79. The summed E-state index contributed by atoms with van der Waals surface area (Å²) in [5.41, 5.74) is 0. The van der Waals surface area contributed by atoms with Gasteiger partial charge in [-0.1, -0.05) is 0 Å². The van der Waals surface area contributed by atoms with Crippen LogP contribution in [0.15, 0.2) is 0 Å². The van der Waals surface area contributed by atoms with Crippen LogP contribution < -0.4 is 0 Å². The maximum atomic E-state index is 5.74. The van der Waals surface area contributed by atoms with Crippen molar-refractivity contribution in [3.63, 3.8) is 0 Å². The summed E-state index contributed by atoms with van der Waals surface area (Å²) in [6.45, 7) is 3.30. The molecule has 2 aliphatic rings. The minimum absolute atomic E-state index is 0.187. The molecule has 0 aromatic heterocycles. The minimum Gasteiger partial charge on any atom is -0.353 e. The largest absolute Gasteiger partial charge is 0.353 e. The lowest BCUT2D eigenvalue weighted by Gasteiger charge is -2.29. The Kier molecular flexibility index (Phi) is 5.95. The molecule has 0 aliphatic carbocycles. The predicted molar refractivity (Wildman–Crippen MR) is 66.6 cm³/mol. The van der Waals surface area contributed by atoms with Gasteiger partial charge in [-0.25, -0.2) is 0 Å². The fraction of sp³-hybridized carbons (Fsp3) is 0.857. The lowest BCUT2D eigenvalue weighted by Crippen LogP contribution is -2.33. The van der Waals surface area contributed by atoms with Crippen LogP contribution in [0.25, 0.3) is 0 Å². The molecule has 2 unspecified atom stereocenters. The smallest absolute Gasteiger partial charge is 0.227 e. The zero-order valence-corrected chi connectivity index (χ0v) is 11.0. The Labute approximate surface area is 109 Å². The van der Waals surface area contributed by atoms with Gasteiger partial charge in [-0.15, -0.1) is 5.92 Å². The van der Waals surface area contributed by atoms with E-state index >= 15 is 0 Å². The molecule has 0 aromatic rings. The van der Waals surface area contributed by atoms with Crippen LogP contribution in [-0.2, 0) is 18.9 Å². The third-order valence-corrected chi connectivity index (χ3v) is 3.09. The Morgan fingerprint density at radius 2 is 1.50 bits per heavy atom. The molecule has 0 aromatic carbocycles. The first-order chi connectivity index (χ1) is 8.88. The van der Waals surface area contributed by atoms with E-state index in [1.54, 1.807) is 6.92 Å². The van der Waals surface area contributed by atoms with Gasteiger partial charge in [0.2, 0.25) is 6.29 Å². The van der Waals surface area contributed by atoms with Crippen LogP contribution in [0.1, 0.15) is 45.4 Å². The van der Waals surface area contributed by atoms with E-state index in [9.17, 15) is 0 Å². The molecule has 0 spiro atoms. The van der Waals surface area contributed by atoms with Gasteiger partial charge in [0.1, 0.15) is 0 Å². The first-order valence-corrected chi connectivity index (χ1v) is 6.85. The first-order valence-electron chi connectivity index (χ1n) is 6.85. The summed E-state index contributed by atoms with van der Waals surface area (Å²) < 4.78 is 22.5. The summed E-state index contributed by atoms with van der Waals surface area (Å²) in [6.07, 6.45) is 5.40. The van der Waals surface area contributed by atoms with Gasteiger partial charge < -0.3 is 18.9 Å². The molecule has 0 bridgehead atoms. The molecule has 18 heavy (non-hydrogen) atoms. The van der Waals surface area contributed by atoms with Crippen LogP contribution in [0.5, 0.6) is 0 Å². The molecule has 2 aliphatic heterocycles. The Bertz CT molecular complexity index is 262. The van der Waals surface area contributed by atoms with Crippen LogP contribution >= 0.6 is 0 Å². The topological polar surface area (TPSA) is 36.9 Å². The lowest BCUT2D eigenvalue weighted by atomic mass is 10.2. The van der Waals surface area contributed by atoms with Gasteiger partial charge in [-0.05, 0) is 51.4 Å². The molecule has 2 atom stereocenters. The standard InChI is InChI=1S/C14H22O4/c1-2-7-14(17-12-8-3-5-10-15-12)18-13-9-4-6-11-16-13/h12-14H,3-6,8-11H2,1H3. The monoisotopic (exact) mass is 254 g/mol. The summed E-state index contributed by atoms with van der Waals surface area (Å²) in [6, 6.07) is 0. The van der Waals surface area contributed by atoms with Gasteiger partial charge in [0.05, 0.1) is 0 Å². The van der Waals surface area contributed by atoms with Gasteiger partial charge in [0.15, 0.2) is 12.6 Å². The molecular weight excluding hydrogens is 232 g/mol. The molecule has 2 heterocycles. The molecule has 102 valence electrons. The van der Waals surface area contributed by atoms with Crippen molar-refractivity contribution >= 4 is 0 Å². The van der Waals surface area contributed by atoms with Crippen molar-refractivity contribution in [2.24, 2.45) is 0 Å². The second kappa shape index (κ2) is 7.75. The maximum Gasteiger partial charge on any atom is 0.227 e. The number of hydrogen-bond donors (Lipinski definition) is 0. The van der Waals surface area contributed by atoms with Crippen LogP contribution in [0.4, 0.5) is 0 Å². The summed E-state index contributed by atoms with van der Waals surface area (Å²) in [7, 11) is 0. The third kappa shape index (κ3) is 4.58. The fourth-order valence-electron chi connectivity index (χ4n) is 2.13. The van der Waals surface area contributed by atoms with Gasteiger partial charge in [0.25, 0.3) is 0 Å². The van der Waals surface area contributed by atoms with Crippen molar-refractivity contribution in [1.29, 1.82) is 0 Å². The van der Waals surface area contributed by atoms with Gasteiger partial charge >= 0.3 is 0 Å². The molecule has 0 amide bonds. The summed E-state index contributed by atoms with van der Waals surface area (Å²) in [5.74, 6) is 5.76. The van der Waals surface area contributed by atoms with E-state index in [1.807, 2.05) is 0 Å². The number of rotatable bonds is 4. The van der Waals surface area contributed by atoms with E-state index in [-0.39, 0.29) is 12.6 Å². The van der Waals surface area contributed by atoms with E-state index in [2.05, 4.69) is 11.8 Å². The van der Waals surface area contributed by atoms with E-state index in [0.29, 0.717) is 0 Å². The molecule has 0 saturated carbocycles. The normalized spacial score (nSPS) is 30.3. The van der Waals surface area contributed by atoms with Crippen molar-refractivity contribution in [2.45, 2.75) is 64.3 Å². The Hall–Kier alpha value is -0.600. The van der Waals surface area contributed by atoms with Crippen molar-refractivity contribution in [3.8, 4) is 11.8 Å². The van der Waals surface area contributed by atoms with Gasteiger partial charge in [-0.2, -0.15) is 0 Å². The highest BCUT2D eigenvalue weighted by Gasteiger charge is 2.23.